The number of fused-ring (bicyclic) bond motifs is 1. The molecule has 3 aliphatic rings. The fourth-order valence-corrected chi connectivity index (χ4v) is 5.41. The molecule has 0 spiro atoms. The van der Waals surface area contributed by atoms with Crippen LogP contribution in [0.25, 0.3) is 0 Å². The molecular weight excluding hydrogens is 338 g/mol. The van der Waals surface area contributed by atoms with E-state index in [1.807, 2.05) is 12.1 Å². The molecule has 2 N–H and O–H groups in total. The second-order valence-electron chi connectivity index (χ2n) is 8.73. The van der Waals surface area contributed by atoms with Gasteiger partial charge in [0, 0.05) is 45.3 Å². The van der Waals surface area contributed by atoms with Crippen molar-refractivity contribution < 1.29 is 10.2 Å². The fourth-order valence-electron chi connectivity index (χ4n) is 5.41. The predicted molar refractivity (Wildman–Crippen MR) is 107 cm³/mol. The first-order valence-corrected chi connectivity index (χ1v) is 10.8. The second-order valence-corrected chi connectivity index (χ2v) is 8.73. The molecule has 4 rings (SSSR count). The highest BCUT2D eigenvalue weighted by Gasteiger charge is 2.45. The lowest BCUT2D eigenvalue weighted by Crippen LogP contribution is -2.63. The molecule has 0 bridgehead atoms. The highest BCUT2D eigenvalue weighted by molar-refractivity contribution is 5.26. The molecule has 0 aliphatic carbocycles. The lowest BCUT2D eigenvalue weighted by molar-refractivity contribution is -0.112. The van der Waals surface area contributed by atoms with Gasteiger partial charge in [-0.2, -0.15) is 0 Å². The van der Waals surface area contributed by atoms with E-state index in [4.69, 9.17) is 0 Å². The van der Waals surface area contributed by atoms with E-state index >= 15 is 0 Å². The van der Waals surface area contributed by atoms with Crippen molar-refractivity contribution in [2.24, 2.45) is 0 Å². The van der Waals surface area contributed by atoms with Crippen molar-refractivity contribution in [2.45, 2.75) is 56.9 Å². The zero-order chi connectivity index (χ0) is 18.7. The molecule has 1 aromatic carbocycles. The molecule has 0 aromatic heterocycles. The summed E-state index contributed by atoms with van der Waals surface area (Å²) in [7, 11) is 0. The molecule has 27 heavy (non-hydrogen) atoms. The maximum atomic E-state index is 11.5. The number of piperazine rings is 1. The summed E-state index contributed by atoms with van der Waals surface area (Å²) in [5.74, 6) is 0. The van der Waals surface area contributed by atoms with Gasteiger partial charge >= 0.3 is 0 Å². The molecule has 150 valence electrons. The molecule has 1 aromatic rings. The fraction of sp³-hybridized carbons (Fsp3) is 0.727. The van der Waals surface area contributed by atoms with Crippen LogP contribution in [0.3, 0.4) is 0 Å². The van der Waals surface area contributed by atoms with E-state index in [2.05, 4.69) is 26.8 Å². The molecule has 0 radical (unpaired) electrons. The Balaban J connectivity index is 1.31. The monoisotopic (exact) mass is 373 g/mol. The summed E-state index contributed by atoms with van der Waals surface area (Å²) in [5, 5.41) is 21.0. The largest absolute Gasteiger partial charge is 0.392 e. The Hall–Kier alpha value is -0.980. The van der Waals surface area contributed by atoms with Crippen molar-refractivity contribution >= 4 is 0 Å². The Kier molecular flexibility index (Phi) is 6.15. The van der Waals surface area contributed by atoms with Gasteiger partial charge in [-0.25, -0.2) is 0 Å². The van der Waals surface area contributed by atoms with Gasteiger partial charge in [-0.05, 0) is 49.9 Å². The molecule has 0 saturated carbocycles. The SMILES string of the molecule is OCc1ccccc1CN1CCN(C[C@]2(O)CCCN3CCCC[C@@H]32)CC1. The van der Waals surface area contributed by atoms with Crippen LogP contribution in [0.1, 0.15) is 43.2 Å². The molecule has 3 aliphatic heterocycles. The summed E-state index contributed by atoms with van der Waals surface area (Å²) in [4.78, 5) is 7.50. The summed E-state index contributed by atoms with van der Waals surface area (Å²) in [6.07, 6.45) is 5.81. The van der Waals surface area contributed by atoms with Gasteiger partial charge in [-0.3, -0.25) is 14.7 Å². The van der Waals surface area contributed by atoms with E-state index in [-0.39, 0.29) is 6.61 Å². The van der Waals surface area contributed by atoms with Crippen molar-refractivity contribution in [3.63, 3.8) is 0 Å². The van der Waals surface area contributed by atoms with Crippen molar-refractivity contribution in [2.75, 3.05) is 45.8 Å². The summed E-state index contributed by atoms with van der Waals surface area (Å²) < 4.78 is 0. The number of benzene rings is 1. The normalized spacial score (nSPS) is 31.0. The third-order valence-corrected chi connectivity index (χ3v) is 6.93. The highest BCUT2D eigenvalue weighted by Crippen LogP contribution is 2.34. The molecular formula is C22H35N3O2. The molecule has 2 atom stereocenters. The van der Waals surface area contributed by atoms with E-state index in [1.54, 1.807) is 0 Å². The van der Waals surface area contributed by atoms with Crippen molar-refractivity contribution in [3.05, 3.63) is 35.4 Å². The van der Waals surface area contributed by atoms with Crippen LogP contribution in [0.15, 0.2) is 24.3 Å². The van der Waals surface area contributed by atoms with Gasteiger partial charge in [0.2, 0.25) is 0 Å². The Labute approximate surface area is 163 Å². The minimum Gasteiger partial charge on any atom is -0.392 e. The van der Waals surface area contributed by atoms with Gasteiger partial charge in [0.1, 0.15) is 0 Å². The zero-order valence-electron chi connectivity index (χ0n) is 16.5. The van der Waals surface area contributed by atoms with Gasteiger partial charge in [-0.1, -0.05) is 30.7 Å². The Morgan fingerprint density at radius 2 is 1.59 bits per heavy atom. The number of nitrogens with zero attached hydrogens (tertiary/aromatic N) is 3. The van der Waals surface area contributed by atoms with E-state index in [9.17, 15) is 10.2 Å². The Morgan fingerprint density at radius 3 is 2.37 bits per heavy atom. The summed E-state index contributed by atoms with van der Waals surface area (Å²) in [5.41, 5.74) is 1.75. The first-order valence-electron chi connectivity index (χ1n) is 10.8. The predicted octanol–water partition coefficient (Wildman–Crippen LogP) is 1.68. The number of hydrogen-bond donors (Lipinski definition) is 2. The number of β-amino-alcohol motifs (C(OH)–C–C–N with tert-alkyl or cyclic N) is 1. The van der Waals surface area contributed by atoms with Crippen LogP contribution in [-0.2, 0) is 13.2 Å². The molecule has 3 heterocycles. The molecule has 5 nitrogen and oxygen atoms in total. The van der Waals surface area contributed by atoms with E-state index in [1.165, 1.54) is 31.5 Å². The first-order chi connectivity index (χ1) is 13.2. The van der Waals surface area contributed by atoms with Crippen LogP contribution in [0.5, 0.6) is 0 Å². The van der Waals surface area contributed by atoms with Crippen molar-refractivity contribution in [3.8, 4) is 0 Å². The van der Waals surface area contributed by atoms with E-state index < -0.39 is 5.60 Å². The minimum atomic E-state index is -0.523. The summed E-state index contributed by atoms with van der Waals surface area (Å²) in [6.45, 7) is 8.30. The van der Waals surface area contributed by atoms with Crippen LogP contribution in [0, 0.1) is 0 Å². The van der Waals surface area contributed by atoms with Gasteiger partial charge in [0.15, 0.2) is 0 Å². The van der Waals surface area contributed by atoms with E-state index in [0.29, 0.717) is 6.04 Å². The molecule has 3 saturated heterocycles. The highest BCUT2D eigenvalue weighted by atomic mass is 16.3. The number of piperidine rings is 2. The first kappa shape index (κ1) is 19.3. The summed E-state index contributed by atoms with van der Waals surface area (Å²) >= 11 is 0. The van der Waals surface area contributed by atoms with Crippen LogP contribution in [0.2, 0.25) is 0 Å². The third kappa shape index (κ3) is 4.38. The second kappa shape index (κ2) is 8.58. The van der Waals surface area contributed by atoms with Crippen molar-refractivity contribution in [1.29, 1.82) is 0 Å². The van der Waals surface area contributed by atoms with Crippen molar-refractivity contribution in [1.82, 2.24) is 14.7 Å². The quantitative estimate of drug-likeness (QED) is 0.822. The maximum absolute atomic E-state index is 11.5. The van der Waals surface area contributed by atoms with Gasteiger partial charge in [-0.15, -0.1) is 0 Å². The zero-order valence-corrected chi connectivity index (χ0v) is 16.5. The smallest absolute Gasteiger partial charge is 0.0928 e. The minimum absolute atomic E-state index is 0.112. The average molecular weight is 374 g/mol. The average Bonchev–Trinajstić information content (AvgIpc) is 2.70. The van der Waals surface area contributed by atoms with Crippen LogP contribution < -0.4 is 0 Å². The Bertz CT molecular complexity index is 615. The lowest BCUT2D eigenvalue weighted by Gasteiger charge is -2.51. The third-order valence-electron chi connectivity index (χ3n) is 6.93. The van der Waals surface area contributed by atoms with Gasteiger partial charge < -0.3 is 10.2 Å². The maximum Gasteiger partial charge on any atom is 0.0928 e. The summed E-state index contributed by atoms with van der Waals surface area (Å²) in [6, 6.07) is 8.56. The molecule has 3 fully saturated rings. The van der Waals surface area contributed by atoms with Crippen LogP contribution in [0.4, 0.5) is 0 Å². The van der Waals surface area contributed by atoms with Gasteiger partial charge in [0.25, 0.3) is 0 Å². The Morgan fingerprint density at radius 1 is 0.889 bits per heavy atom. The number of aliphatic hydroxyl groups is 2. The standard InChI is InChI=1S/C22H35N3O2/c26-17-20-7-2-1-6-19(20)16-23-12-14-24(15-13-23)18-22(27)9-5-11-25-10-4-3-8-21(22)25/h1-2,6-7,21,26-27H,3-5,8-18H2/t21-,22-/m1/s1. The molecule has 0 unspecified atom stereocenters. The lowest BCUT2D eigenvalue weighted by atomic mass is 9.79. The number of hydrogen-bond acceptors (Lipinski definition) is 5. The van der Waals surface area contributed by atoms with E-state index in [0.717, 1.165) is 64.1 Å². The molecule has 5 heteroatoms. The molecule has 0 amide bonds. The topological polar surface area (TPSA) is 50.2 Å². The number of rotatable bonds is 5. The van der Waals surface area contributed by atoms with Gasteiger partial charge in [0.05, 0.1) is 12.2 Å². The number of aliphatic hydroxyl groups excluding tert-OH is 1. The van der Waals surface area contributed by atoms with Crippen LogP contribution in [-0.4, -0.2) is 82.4 Å². The van der Waals surface area contributed by atoms with Crippen LogP contribution >= 0.6 is 0 Å².